The molecule has 2 aliphatic rings. The Hall–Kier alpha value is -3.15. The minimum atomic E-state index is -0.683. The van der Waals surface area contributed by atoms with Crippen molar-refractivity contribution in [3.63, 3.8) is 0 Å². The van der Waals surface area contributed by atoms with Gasteiger partial charge in [-0.15, -0.1) is 0 Å². The molecule has 2 aromatic rings. The van der Waals surface area contributed by atoms with Gasteiger partial charge in [0.05, 0.1) is 17.8 Å². The quantitative estimate of drug-likeness (QED) is 0.778. The maximum atomic E-state index is 13.5. The van der Waals surface area contributed by atoms with Crippen LogP contribution in [0.5, 0.6) is 0 Å². The zero-order valence-electron chi connectivity index (χ0n) is 19.5. The van der Waals surface area contributed by atoms with E-state index < -0.39 is 6.04 Å². The molecule has 1 saturated heterocycles. The average Bonchev–Trinajstić information content (AvgIpc) is 2.83. The molecule has 0 spiro atoms. The molecule has 0 aromatic heterocycles. The molecule has 6 nitrogen and oxygen atoms in total. The van der Waals surface area contributed by atoms with Crippen LogP contribution in [0.3, 0.4) is 0 Å². The van der Waals surface area contributed by atoms with Crippen molar-refractivity contribution in [2.45, 2.75) is 47.1 Å². The van der Waals surface area contributed by atoms with E-state index in [9.17, 15) is 14.4 Å². The number of hydrogen-bond donors (Lipinski definition) is 1. The van der Waals surface area contributed by atoms with E-state index in [1.54, 1.807) is 15.9 Å². The molecule has 2 aromatic carbocycles. The van der Waals surface area contributed by atoms with Crippen LogP contribution in [0.2, 0.25) is 0 Å². The molecular formula is C26H31N3O3. The first-order valence-corrected chi connectivity index (χ1v) is 11.1. The van der Waals surface area contributed by atoms with Crippen LogP contribution in [0.15, 0.2) is 36.4 Å². The van der Waals surface area contributed by atoms with Gasteiger partial charge in [0.25, 0.3) is 5.91 Å². The Bertz CT molecular complexity index is 1100. The predicted octanol–water partition coefficient (Wildman–Crippen LogP) is 4.01. The number of carbonyl (C=O) groups is 3. The van der Waals surface area contributed by atoms with Crippen LogP contribution < -0.4 is 5.32 Å². The summed E-state index contributed by atoms with van der Waals surface area (Å²) in [5.41, 5.74) is 5.26. The summed E-state index contributed by atoms with van der Waals surface area (Å²) in [6.45, 7) is 11.2. The third-order valence-electron chi connectivity index (χ3n) is 6.33. The van der Waals surface area contributed by atoms with Gasteiger partial charge in [0.2, 0.25) is 11.8 Å². The van der Waals surface area contributed by atoms with Gasteiger partial charge >= 0.3 is 0 Å². The maximum absolute atomic E-state index is 13.5. The number of nitrogens with one attached hydrogen (secondary N) is 1. The van der Waals surface area contributed by atoms with Crippen molar-refractivity contribution in [1.82, 2.24) is 9.80 Å². The number of fused-ring (bicyclic) bond motifs is 2. The van der Waals surface area contributed by atoms with Gasteiger partial charge in [-0.1, -0.05) is 45.0 Å². The van der Waals surface area contributed by atoms with Gasteiger partial charge in [0, 0.05) is 19.5 Å². The van der Waals surface area contributed by atoms with Crippen molar-refractivity contribution in [1.29, 1.82) is 0 Å². The summed E-state index contributed by atoms with van der Waals surface area (Å²) in [4.78, 5) is 42.5. The van der Waals surface area contributed by atoms with Crippen molar-refractivity contribution in [2.75, 3.05) is 25.0 Å². The van der Waals surface area contributed by atoms with Crippen LogP contribution in [-0.4, -0.2) is 53.2 Å². The molecular weight excluding hydrogens is 402 g/mol. The first kappa shape index (κ1) is 22.1. The van der Waals surface area contributed by atoms with Crippen LogP contribution in [0, 0.1) is 19.3 Å². The molecule has 0 aliphatic carbocycles. The molecule has 32 heavy (non-hydrogen) atoms. The summed E-state index contributed by atoms with van der Waals surface area (Å²) in [5, 5.41) is 2.92. The molecule has 4 rings (SSSR count). The zero-order chi connectivity index (χ0) is 23.2. The molecule has 1 unspecified atom stereocenters. The first-order chi connectivity index (χ1) is 15.0. The molecule has 3 amide bonds. The van der Waals surface area contributed by atoms with E-state index in [1.165, 1.54) is 11.1 Å². The van der Waals surface area contributed by atoms with Crippen molar-refractivity contribution in [3.8, 4) is 11.1 Å². The zero-order valence-corrected chi connectivity index (χ0v) is 19.5. The Morgan fingerprint density at radius 3 is 2.38 bits per heavy atom. The number of anilines is 1. The second-order valence-corrected chi connectivity index (χ2v) is 10.1. The molecule has 0 radical (unpaired) electrons. The number of rotatable bonds is 2. The highest BCUT2D eigenvalue weighted by Gasteiger charge is 2.40. The van der Waals surface area contributed by atoms with Crippen LogP contribution in [0.4, 0.5) is 5.69 Å². The van der Waals surface area contributed by atoms with Gasteiger partial charge in [-0.2, -0.15) is 0 Å². The molecule has 1 fully saturated rings. The molecule has 2 aliphatic heterocycles. The summed E-state index contributed by atoms with van der Waals surface area (Å²) in [6.07, 6.45) is 0.412. The number of hydrogen-bond acceptors (Lipinski definition) is 3. The number of aryl methyl sites for hydroxylation is 2. The average molecular weight is 434 g/mol. The molecule has 168 valence electrons. The maximum Gasteiger partial charge on any atom is 0.256 e. The third-order valence-corrected chi connectivity index (χ3v) is 6.33. The van der Waals surface area contributed by atoms with Crippen LogP contribution >= 0.6 is 0 Å². The van der Waals surface area contributed by atoms with E-state index >= 15 is 0 Å². The highest BCUT2D eigenvalue weighted by Crippen LogP contribution is 2.31. The highest BCUT2D eigenvalue weighted by molar-refractivity contribution is 6.10. The number of piperazine rings is 1. The molecule has 1 N–H and O–H groups in total. The third kappa shape index (κ3) is 4.27. The van der Waals surface area contributed by atoms with Gasteiger partial charge in [-0.3, -0.25) is 14.4 Å². The van der Waals surface area contributed by atoms with Crippen LogP contribution in [0.25, 0.3) is 11.1 Å². The van der Waals surface area contributed by atoms with E-state index in [2.05, 4.69) is 31.3 Å². The van der Waals surface area contributed by atoms with E-state index in [-0.39, 0.29) is 29.7 Å². The summed E-state index contributed by atoms with van der Waals surface area (Å²) in [6, 6.07) is 11.1. The number of benzene rings is 2. The summed E-state index contributed by atoms with van der Waals surface area (Å²) in [5.74, 6) is -0.391. The van der Waals surface area contributed by atoms with Crippen molar-refractivity contribution in [3.05, 3.63) is 53.1 Å². The Morgan fingerprint density at radius 2 is 1.69 bits per heavy atom. The lowest BCUT2D eigenvalue weighted by atomic mass is 9.91. The van der Waals surface area contributed by atoms with Gasteiger partial charge < -0.3 is 15.1 Å². The number of carbonyl (C=O) groups excluding carboxylic acids is 3. The standard InChI is InChI=1S/C26H31N3O3/c1-16-6-7-18(12-17(16)2)19-8-9-21-20(13-19)25(32)29-11-10-28(15-22(29)24(31)27-21)23(30)14-26(3,4)5/h6-9,12-13,22H,10-11,14-15H2,1-5H3,(H,27,31). The fraction of sp³-hybridized carbons (Fsp3) is 0.423. The summed E-state index contributed by atoms with van der Waals surface area (Å²) >= 11 is 0. The van der Waals surface area contributed by atoms with Gasteiger partial charge in [0.1, 0.15) is 6.04 Å². The molecule has 0 bridgehead atoms. The minimum Gasteiger partial charge on any atom is -0.338 e. The number of amides is 3. The summed E-state index contributed by atoms with van der Waals surface area (Å²) < 4.78 is 0. The SMILES string of the molecule is Cc1ccc(-c2ccc3c(c2)C(=O)N2CCN(C(=O)CC(C)(C)C)CC2C(=O)N3)cc1C. The molecule has 0 saturated carbocycles. The lowest BCUT2D eigenvalue weighted by molar-refractivity contribution is -0.137. The normalized spacial score (nSPS) is 18.6. The second kappa shape index (κ2) is 8.08. The Labute approximate surface area is 189 Å². The smallest absolute Gasteiger partial charge is 0.256 e. The highest BCUT2D eigenvalue weighted by atomic mass is 16.2. The minimum absolute atomic E-state index is 0.0242. The first-order valence-electron chi connectivity index (χ1n) is 11.1. The lowest BCUT2D eigenvalue weighted by Gasteiger charge is -2.40. The number of nitrogens with zero attached hydrogens (tertiary/aromatic N) is 2. The molecule has 1 atom stereocenters. The van der Waals surface area contributed by atoms with E-state index in [0.717, 1.165) is 11.1 Å². The Kier molecular flexibility index (Phi) is 5.57. The Morgan fingerprint density at radius 1 is 1.00 bits per heavy atom. The topological polar surface area (TPSA) is 69.7 Å². The lowest BCUT2D eigenvalue weighted by Crippen LogP contribution is -2.59. The van der Waals surface area contributed by atoms with Crippen LogP contribution in [0.1, 0.15) is 48.7 Å². The van der Waals surface area contributed by atoms with E-state index in [0.29, 0.717) is 30.8 Å². The van der Waals surface area contributed by atoms with Crippen molar-refractivity contribution in [2.24, 2.45) is 5.41 Å². The fourth-order valence-electron chi connectivity index (χ4n) is 4.34. The van der Waals surface area contributed by atoms with Gasteiger partial charge in [0.15, 0.2) is 0 Å². The summed E-state index contributed by atoms with van der Waals surface area (Å²) in [7, 11) is 0. The second-order valence-electron chi connectivity index (χ2n) is 10.1. The van der Waals surface area contributed by atoms with Gasteiger partial charge in [-0.05, 0) is 53.6 Å². The van der Waals surface area contributed by atoms with Gasteiger partial charge in [-0.25, -0.2) is 0 Å². The molecule has 2 heterocycles. The van der Waals surface area contributed by atoms with Crippen molar-refractivity contribution >= 4 is 23.4 Å². The van der Waals surface area contributed by atoms with E-state index in [4.69, 9.17) is 0 Å². The van der Waals surface area contributed by atoms with E-state index in [1.807, 2.05) is 39.0 Å². The predicted molar refractivity (Wildman–Crippen MR) is 125 cm³/mol. The monoisotopic (exact) mass is 433 g/mol. The van der Waals surface area contributed by atoms with Crippen LogP contribution in [-0.2, 0) is 9.59 Å². The largest absolute Gasteiger partial charge is 0.338 e. The Balaban J connectivity index is 1.62. The van der Waals surface area contributed by atoms with Crippen molar-refractivity contribution < 1.29 is 14.4 Å². The fourth-order valence-corrected chi connectivity index (χ4v) is 4.34. The molecule has 6 heteroatoms.